The first-order valence-electron chi connectivity index (χ1n) is 10.3. The Kier molecular flexibility index (Phi) is 4.69. The Hall–Kier alpha value is -2.18. The number of hydrogen-bond acceptors (Lipinski definition) is 4. The highest BCUT2D eigenvalue weighted by Crippen LogP contribution is 2.39. The van der Waals surface area contributed by atoms with Crippen LogP contribution in [0.1, 0.15) is 43.7 Å². The maximum Gasteiger partial charge on any atom is 0.128 e. The molecule has 6 heteroatoms. The van der Waals surface area contributed by atoms with Crippen molar-refractivity contribution in [3.05, 3.63) is 71.2 Å². The summed E-state index contributed by atoms with van der Waals surface area (Å²) < 4.78 is 28.1. The Labute approximate surface area is 164 Å². The van der Waals surface area contributed by atoms with Crippen molar-refractivity contribution in [1.29, 1.82) is 0 Å². The Balaban J connectivity index is 1.36. The van der Waals surface area contributed by atoms with Gasteiger partial charge >= 0.3 is 0 Å². The first-order valence-corrected chi connectivity index (χ1v) is 10.3. The van der Waals surface area contributed by atoms with Crippen LogP contribution in [0.25, 0.3) is 0 Å². The van der Waals surface area contributed by atoms with E-state index in [-0.39, 0.29) is 17.7 Å². The summed E-state index contributed by atoms with van der Waals surface area (Å²) in [5.41, 5.74) is 2.70. The van der Waals surface area contributed by atoms with Gasteiger partial charge < -0.3 is 4.90 Å². The van der Waals surface area contributed by atoms with Gasteiger partial charge in [0.15, 0.2) is 0 Å². The van der Waals surface area contributed by atoms with Gasteiger partial charge in [-0.05, 0) is 62.1 Å². The molecule has 2 fully saturated rings. The molecule has 5 rings (SSSR count). The van der Waals surface area contributed by atoms with E-state index < -0.39 is 0 Å². The number of nitrogens with zero attached hydrogens (tertiary/aromatic N) is 4. The number of hydrogen-bond donors (Lipinski definition) is 0. The fourth-order valence-electron chi connectivity index (χ4n) is 4.83. The Morgan fingerprint density at radius 1 is 0.929 bits per heavy atom. The lowest BCUT2D eigenvalue weighted by Crippen LogP contribution is -2.50. The monoisotopic (exact) mass is 384 g/mol. The molecule has 1 atom stereocenters. The maximum absolute atomic E-state index is 14.4. The third-order valence-electron chi connectivity index (χ3n) is 6.22. The smallest absolute Gasteiger partial charge is 0.128 e. The standard InChI is InChI=1S/C22H26F2N4/c23-17-6-7-21(24)20(15-17)22-5-4-12-26(22)18-8-13-27-19(16-18)9-14-28(27)25-10-2-1-3-11-25/h6-9,13,15-16,22H,1-5,10-12,14H2/t22-/m1/s1. The minimum atomic E-state index is -0.377. The molecule has 4 aliphatic rings. The van der Waals surface area contributed by atoms with E-state index in [0.29, 0.717) is 5.56 Å². The molecule has 4 nitrogen and oxygen atoms in total. The highest BCUT2D eigenvalue weighted by atomic mass is 19.1. The van der Waals surface area contributed by atoms with Crippen LogP contribution in [0.2, 0.25) is 0 Å². The molecule has 1 aromatic rings. The largest absolute Gasteiger partial charge is 0.364 e. The molecule has 4 heterocycles. The number of allylic oxidation sites excluding steroid dienone is 2. The molecular formula is C22H26F2N4. The van der Waals surface area contributed by atoms with Crippen LogP contribution >= 0.6 is 0 Å². The molecule has 0 bridgehead atoms. The van der Waals surface area contributed by atoms with Crippen molar-refractivity contribution in [3.63, 3.8) is 0 Å². The predicted octanol–water partition coefficient (Wildman–Crippen LogP) is 4.33. The summed E-state index contributed by atoms with van der Waals surface area (Å²) in [7, 11) is 0. The van der Waals surface area contributed by atoms with Crippen molar-refractivity contribution < 1.29 is 8.78 Å². The van der Waals surface area contributed by atoms with Crippen LogP contribution in [0.5, 0.6) is 0 Å². The number of benzene rings is 1. The van der Waals surface area contributed by atoms with Crippen molar-refractivity contribution in [1.82, 2.24) is 20.0 Å². The van der Waals surface area contributed by atoms with Gasteiger partial charge in [0.25, 0.3) is 0 Å². The zero-order valence-corrected chi connectivity index (χ0v) is 16.0. The minimum absolute atomic E-state index is 0.113. The Morgan fingerprint density at radius 3 is 2.64 bits per heavy atom. The molecule has 0 amide bonds. The molecule has 1 aromatic carbocycles. The lowest BCUT2D eigenvalue weighted by molar-refractivity contribution is -0.132. The van der Waals surface area contributed by atoms with E-state index in [1.807, 2.05) is 0 Å². The Bertz CT molecular complexity index is 841. The van der Waals surface area contributed by atoms with E-state index in [0.717, 1.165) is 50.4 Å². The van der Waals surface area contributed by atoms with Crippen molar-refractivity contribution >= 4 is 0 Å². The number of piperidine rings is 1. The fraction of sp³-hybridized carbons (Fsp3) is 0.455. The number of fused-ring (bicyclic) bond motifs is 1. The van der Waals surface area contributed by atoms with E-state index in [2.05, 4.69) is 44.5 Å². The molecule has 0 N–H and O–H groups in total. The molecule has 0 aliphatic carbocycles. The molecule has 2 saturated heterocycles. The molecular weight excluding hydrogens is 358 g/mol. The van der Waals surface area contributed by atoms with Crippen molar-refractivity contribution in [2.75, 3.05) is 26.2 Å². The highest BCUT2D eigenvalue weighted by molar-refractivity contribution is 5.38. The van der Waals surface area contributed by atoms with Crippen LogP contribution in [-0.2, 0) is 0 Å². The third-order valence-corrected chi connectivity index (χ3v) is 6.22. The molecule has 0 saturated carbocycles. The number of halogens is 2. The van der Waals surface area contributed by atoms with Crippen LogP contribution < -0.4 is 0 Å². The van der Waals surface area contributed by atoms with Crippen molar-refractivity contribution in [3.8, 4) is 0 Å². The van der Waals surface area contributed by atoms with Gasteiger partial charge in [0.05, 0.1) is 18.3 Å². The summed E-state index contributed by atoms with van der Waals surface area (Å²) in [6, 6.07) is 3.67. The average Bonchev–Trinajstić information content (AvgIpc) is 3.37. The quantitative estimate of drug-likeness (QED) is 0.769. The fourth-order valence-corrected chi connectivity index (χ4v) is 4.83. The summed E-state index contributed by atoms with van der Waals surface area (Å²) in [6.45, 7) is 3.95. The second-order valence-electron chi connectivity index (χ2n) is 7.94. The van der Waals surface area contributed by atoms with Gasteiger partial charge in [0.1, 0.15) is 11.6 Å². The highest BCUT2D eigenvalue weighted by Gasteiger charge is 2.33. The molecule has 0 spiro atoms. The minimum Gasteiger partial charge on any atom is -0.364 e. The van der Waals surface area contributed by atoms with Crippen LogP contribution in [0.3, 0.4) is 0 Å². The zero-order chi connectivity index (χ0) is 19.1. The topological polar surface area (TPSA) is 13.0 Å². The molecule has 0 unspecified atom stereocenters. The molecule has 0 aromatic heterocycles. The Morgan fingerprint density at radius 2 is 1.79 bits per heavy atom. The van der Waals surface area contributed by atoms with Crippen molar-refractivity contribution in [2.24, 2.45) is 0 Å². The summed E-state index contributed by atoms with van der Waals surface area (Å²) in [4.78, 5) is 2.22. The molecule has 148 valence electrons. The SMILES string of the molecule is Fc1ccc(F)c([C@H]2CCCN2C2=CC3=CCN(N4CCCCC4)N3C=C2)c1. The number of hydrazine groups is 2. The van der Waals surface area contributed by atoms with E-state index in [1.54, 1.807) is 0 Å². The van der Waals surface area contributed by atoms with Gasteiger partial charge in [0.2, 0.25) is 0 Å². The van der Waals surface area contributed by atoms with E-state index in [4.69, 9.17) is 0 Å². The lowest BCUT2D eigenvalue weighted by atomic mass is 10.0. The van der Waals surface area contributed by atoms with Gasteiger partial charge in [-0.2, -0.15) is 0 Å². The molecule has 4 aliphatic heterocycles. The molecule has 28 heavy (non-hydrogen) atoms. The van der Waals surface area contributed by atoms with Gasteiger partial charge in [-0.3, -0.25) is 5.01 Å². The predicted molar refractivity (Wildman–Crippen MR) is 104 cm³/mol. The summed E-state index contributed by atoms with van der Waals surface area (Å²) >= 11 is 0. The first kappa shape index (κ1) is 17.9. The van der Waals surface area contributed by atoms with Gasteiger partial charge in [-0.25, -0.2) is 13.8 Å². The first-order chi connectivity index (χ1) is 13.7. The van der Waals surface area contributed by atoms with E-state index in [9.17, 15) is 8.78 Å². The lowest BCUT2D eigenvalue weighted by Gasteiger charge is -2.41. The zero-order valence-electron chi connectivity index (χ0n) is 16.0. The van der Waals surface area contributed by atoms with Crippen molar-refractivity contribution in [2.45, 2.75) is 38.1 Å². The van der Waals surface area contributed by atoms with Crippen LogP contribution in [-0.4, -0.2) is 46.2 Å². The van der Waals surface area contributed by atoms with Crippen LogP contribution in [0.4, 0.5) is 8.78 Å². The van der Waals surface area contributed by atoms with E-state index in [1.165, 1.54) is 37.5 Å². The second-order valence-corrected chi connectivity index (χ2v) is 7.94. The second kappa shape index (κ2) is 7.33. The van der Waals surface area contributed by atoms with Gasteiger partial charge in [-0.15, -0.1) is 5.12 Å². The third kappa shape index (κ3) is 3.14. The normalized spacial score (nSPS) is 25.9. The summed E-state index contributed by atoms with van der Waals surface area (Å²) in [5.74, 6) is -0.699. The van der Waals surface area contributed by atoms with Crippen LogP contribution in [0.15, 0.2) is 54.0 Å². The summed E-state index contributed by atoms with van der Waals surface area (Å²) in [6.07, 6.45) is 14.3. The van der Waals surface area contributed by atoms with Gasteiger partial charge in [0, 0.05) is 37.1 Å². The van der Waals surface area contributed by atoms with Crippen LogP contribution in [0, 0.1) is 11.6 Å². The number of likely N-dealkylation sites (tertiary alicyclic amines) is 1. The van der Waals surface area contributed by atoms with E-state index >= 15 is 0 Å². The maximum atomic E-state index is 14.4. The summed E-state index contributed by atoms with van der Waals surface area (Å²) in [5, 5.41) is 6.95. The van der Waals surface area contributed by atoms with Gasteiger partial charge in [-0.1, -0.05) is 6.42 Å². The number of rotatable bonds is 3. The molecule has 0 radical (unpaired) electrons. The average molecular weight is 384 g/mol.